The predicted molar refractivity (Wildman–Crippen MR) is 121 cm³/mol. The Morgan fingerprint density at radius 2 is 1.57 bits per heavy atom. The van der Waals surface area contributed by atoms with Crippen LogP contribution >= 0.6 is 0 Å². The van der Waals surface area contributed by atoms with Gasteiger partial charge >= 0.3 is 0 Å². The molecule has 0 radical (unpaired) electrons. The third-order valence-corrected chi connectivity index (χ3v) is 5.21. The van der Waals surface area contributed by atoms with E-state index >= 15 is 0 Å². The van der Waals surface area contributed by atoms with Crippen molar-refractivity contribution in [2.75, 3.05) is 6.61 Å². The Morgan fingerprint density at radius 1 is 0.800 bits per heavy atom. The second kappa shape index (κ2) is 8.62. The topological polar surface area (TPSA) is 36.3 Å². The van der Waals surface area contributed by atoms with E-state index in [1.807, 2.05) is 18.2 Å². The van der Waals surface area contributed by atoms with Gasteiger partial charge in [0.05, 0.1) is 17.6 Å². The number of aryl methyl sites for hydroxylation is 4. The van der Waals surface area contributed by atoms with Gasteiger partial charge in [-0.05, 0) is 80.3 Å². The van der Waals surface area contributed by atoms with Crippen LogP contribution in [0.25, 0.3) is 11.0 Å². The van der Waals surface area contributed by atoms with Crippen molar-refractivity contribution in [1.29, 1.82) is 0 Å². The first-order chi connectivity index (χ1) is 14.5. The van der Waals surface area contributed by atoms with Crippen LogP contribution in [0.3, 0.4) is 0 Å². The van der Waals surface area contributed by atoms with Crippen molar-refractivity contribution >= 4 is 11.0 Å². The second-order valence-electron chi connectivity index (χ2n) is 7.90. The lowest BCUT2D eigenvalue weighted by molar-refractivity contribution is 0.271. The van der Waals surface area contributed by atoms with E-state index in [1.54, 1.807) is 0 Å². The zero-order chi connectivity index (χ0) is 21.1. The Hall–Kier alpha value is -3.27. The first-order valence-corrected chi connectivity index (χ1v) is 10.3. The van der Waals surface area contributed by atoms with E-state index in [0.29, 0.717) is 19.8 Å². The maximum atomic E-state index is 6.15. The SMILES string of the molecule is Cc1cc(C)cc(OCCn2c(COc3cc(C)ccc3C)nc3ccccc32)c1. The van der Waals surface area contributed by atoms with Crippen LogP contribution in [0.15, 0.2) is 60.7 Å². The van der Waals surface area contributed by atoms with Crippen LogP contribution < -0.4 is 9.47 Å². The normalized spacial score (nSPS) is 11.1. The standard InChI is InChI=1S/C26H28N2O2/c1-18-9-10-21(4)25(16-18)30-17-26-27-23-7-5-6-8-24(23)28(26)11-12-29-22-14-19(2)13-20(3)15-22/h5-10,13-16H,11-12,17H2,1-4H3. The zero-order valence-corrected chi connectivity index (χ0v) is 18.1. The molecule has 30 heavy (non-hydrogen) atoms. The molecular formula is C26H28N2O2. The molecule has 0 aliphatic rings. The monoisotopic (exact) mass is 400 g/mol. The van der Waals surface area contributed by atoms with Gasteiger partial charge in [0, 0.05) is 0 Å². The van der Waals surface area contributed by atoms with Gasteiger partial charge < -0.3 is 14.0 Å². The van der Waals surface area contributed by atoms with Crippen LogP contribution in [0.4, 0.5) is 0 Å². The first kappa shape index (κ1) is 20.0. The molecule has 0 bridgehead atoms. The number of para-hydroxylation sites is 2. The van der Waals surface area contributed by atoms with Gasteiger partial charge in [-0.15, -0.1) is 0 Å². The Morgan fingerprint density at radius 3 is 2.37 bits per heavy atom. The molecule has 4 aromatic rings. The zero-order valence-electron chi connectivity index (χ0n) is 18.1. The molecule has 3 aromatic carbocycles. The molecule has 0 aliphatic carbocycles. The van der Waals surface area contributed by atoms with Crippen LogP contribution in [0.1, 0.15) is 28.1 Å². The lowest BCUT2D eigenvalue weighted by Crippen LogP contribution is -2.13. The first-order valence-electron chi connectivity index (χ1n) is 10.3. The lowest BCUT2D eigenvalue weighted by Gasteiger charge is -2.13. The number of fused-ring (bicyclic) bond motifs is 1. The van der Waals surface area contributed by atoms with Gasteiger partial charge in [0.15, 0.2) is 0 Å². The molecule has 4 nitrogen and oxygen atoms in total. The van der Waals surface area contributed by atoms with E-state index in [9.17, 15) is 0 Å². The van der Waals surface area contributed by atoms with E-state index < -0.39 is 0 Å². The fourth-order valence-corrected chi connectivity index (χ4v) is 3.76. The predicted octanol–water partition coefficient (Wildman–Crippen LogP) is 5.93. The molecule has 0 saturated heterocycles. The summed E-state index contributed by atoms with van der Waals surface area (Å²) in [7, 11) is 0. The van der Waals surface area contributed by atoms with Crippen LogP contribution in [0.5, 0.6) is 11.5 Å². The number of benzene rings is 3. The van der Waals surface area contributed by atoms with Gasteiger partial charge in [0.2, 0.25) is 0 Å². The quantitative estimate of drug-likeness (QED) is 0.386. The molecule has 0 unspecified atom stereocenters. The van der Waals surface area contributed by atoms with Gasteiger partial charge in [-0.25, -0.2) is 4.98 Å². The fourth-order valence-electron chi connectivity index (χ4n) is 3.76. The third-order valence-electron chi connectivity index (χ3n) is 5.21. The van der Waals surface area contributed by atoms with Crippen molar-refractivity contribution in [2.24, 2.45) is 0 Å². The number of nitrogens with zero attached hydrogens (tertiary/aromatic N) is 2. The van der Waals surface area contributed by atoms with Gasteiger partial charge in [-0.2, -0.15) is 0 Å². The number of ether oxygens (including phenoxy) is 2. The Kier molecular flexibility index (Phi) is 5.75. The maximum Gasteiger partial charge on any atom is 0.148 e. The van der Waals surface area contributed by atoms with Gasteiger partial charge in [0.25, 0.3) is 0 Å². The van der Waals surface area contributed by atoms with Gasteiger partial charge in [-0.1, -0.05) is 30.3 Å². The Balaban J connectivity index is 1.53. The second-order valence-corrected chi connectivity index (χ2v) is 7.90. The highest BCUT2D eigenvalue weighted by Gasteiger charge is 2.12. The minimum atomic E-state index is 0.419. The summed E-state index contributed by atoms with van der Waals surface area (Å²) in [6.45, 7) is 10.0. The summed E-state index contributed by atoms with van der Waals surface area (Å²) in [4.78, 5) is 4.82. The van der Waals surface area contributed by atoms with Crippen molar-refractivity contribution in [3.63, 3.8) is 0 Å². The molecule has 0 aliphatic heterocycles. The molecule has 0 saturated carbocycles. The summed E-state index contributed by atoms with van der Waals surface area (Å²) in [6.07, 6.45) is 0. The molecule has 0 fully saturated rings. The van der Waals surface area contributed by atoms with Crippen molar-refractivity contribution in [3.05, 3.63) is 88.7 Å². The van der Waals surface area contributed by atoms with Crippen LogP contribution in [-0.2, 0) is 13.2 Å². The van der Waals surface area contributed by atoms with Gasteiger partial charge in [0.1, 0.15) is 30.5 Å². The molecule has 154 valence electrons. The minimum Gasteiger partial charge on any atom is -0.492 e. The number of hydrogen-bond acceptors (Lipinski definition) is 3. The highest BCUT2D eigenvalue weighted by atomic mass is 16.5. The molecular weight excluding hydrogens is 372 g/mol. The van der Waals surface area contributed by atoms with E-state index in [1.165, 1.54) is 16.7 Å². The number of aromatic nitrogens is 2. The molecule has 0 atom stereocenters. The molecule has 1 aromatic heterocycles. The molecule has 4 rings (SSSR count). The number of rotatable bonds is 7. The van der Waals surface area contributed by atoms with Gasteiger partial charge in [-0.3, -0.25) is 0 Å². The summed E-state index contributed by atoms with van der Waals surface area (Å²) in [5.41, 5.74) is 6.80. The number of imidazole rings is 1. The van der Waals surface area contributed by atoms with Crippen molar-refractivity contribution in [3.8, 4) is 11.5 Å². The van der Waals surface area contributed by atoms with Crippen molar-refractivity contribution in [2.45, 2.75) is 40.8 Å². The lowest BCUT2D eigenvalue weighted by atomic mass is 10.1. The summed E-state index contributed by atoms with van der Waals surface area (Å²) in [6, 6.07) is 20.8. The Bertz CT molecular complexity index is 1160. The summed E-state index contributed by atoms with van der Waals surface area (Å²) < 4.78 is 14.4. The third kappa shape index (κ3) is 4.48. The smallest absolute Gasteiger partial charge is 0.148 e. The van der Waals surface area contributed by atoms with E-state index in [2.05, 4.69) is 74.7 Å². The minimum absolute atomic E-state index is 0.419. The molecule has 0 amide bonds. The largest absolute Gasteiger partial charge is 0.492 e. The average Bonchev–Trinajstić information content (AvgIpc) is 3.06. The molecule has 4 heteroatoms. The molecule has 1 heterocycles. The Labute approximate surface area is 178 Å². The average molecular weight is 401 g/mol. The van der Waals surface area contributed by atoms with Crippen molar-refractivity contribution in [1.82, 2.24) is 9.55 Å². The summed E-state index contributed by atoms with van der Waals surface area (Å²) in [5.74, 6) is 2.71. The highest BCUT2D eigenvalue weighted by molar-refractivity contribution is 5.75. The number of hydrogen-bond donors (Lipinski definition) is 0. The molecule has 0 spiro atoms. The van der Waals surface area contributed by atoms with E-state index in [4.69, 9.17) is 14.5 Å². The molecule has 0 N–H and O–H groups in total. The van der Waals surface area contributed by atoms with Crippen LogP contribution in [0.2, 0.25) is 0 Å². The highest BCUT2D eigenvalue weighted by Crippen LogP contribution is 2.22. The van der Waals surface area contributed by atoms with E-state index in [-0.39, 0.29) is 0 Å². The maximum absolute atomic E-state index is 6.15. The van der Waals surface area contributed by atoms with E-state index in [0.717, 1.165) is 33.9 Å². The fraction of sp³-hybridized carbons (Fsp3) is 0.269. The van der Waals surface area contributed by atoms with Crippen molar-refractivity contribution < 1.29 is 9.47 Å². The summed E-state index contributed by atoms with van der Waals surface area (Å²) >= 11 is 0. The summed E-state index contributed by atoms with van der Waals surface area (Å²) in [5, 5.41) is 0. The van der Waals surface area contributed by atoms with Crippen LogP contribution in [-0.4, -0.2) is 16.2 Å². The van der Waals surface area contributed by atoms with Crippen LogP contribution in [0, 0.1) is 27.7 Å².